The third-order valence-electron chi connectivity index (χ3n) is 3.18. The summed E-state index contributed by atoms with van der Waals surface area (Å²) >= 11 is 0. The second kappa shape index (κ2) is 4.29. The van der Waals surface area contributed by atoms with Crippen LogP contribution in [-0.4, -0.2) is 36.4 Å². The fraction of sp³-hybridized carbons (Fsp3) is 0.583. The number of rotatable bonds is 1. The van der Waals surface area contributed by atoms with E-state index in [1.807, 2.05) is 20.8 Å². The maximum atomic E-state index is 9.80. The van der Waals surface area contributed by atoms with Gasteiger partial charge in [0.1, 0.15) is 11.6 Å². The van der Waals surface area contributed by atoms with Crippen molar-refractivity contribution in [2.24, 2.45) is 0 Å². The van der Waals surface area contributed by atoms with Crippen molar-refractivity contribution >= 4 is 5.82 Å². The van der Waals surface area contributed by atoms with E-state index in [4.69, 9.17) is 4.74 Å². The van der Waals surface area contributed by atoms with Gasteiger partial charge in [0.25, 0.3) is 0 Å². The van der Waals surface area contributed by atoms with Crippen LogP contribution in [0.3, 0.4) is 0 Å². The molecule has 4 heteroatoms. The minimum Gasteiger partial charge on any atom is -0.506 e. The van der Waals surface area contributed by atoms with Crippen LogP contribution in [-0.2, 0) is 4.74 Å². The predicted molar refractivity (Wildman–Crippen MR) is 63.1 cm³/mol. The fourth-order valence-electron chi connectivity index (χ4n) is 2.00. The molecule has 1 aliphatic heterocycles. The van der Waals surface area contributed by atoms with Gasteiger partial charge in [-0.15, -0.1) is 0 Å². The second-order valence-corrected chi connectivity index (χ2v) is 4.22. The van der Waals surface area contributed by atoms with Gasteiger partial charge in [-0.1, -0.05) is 0 Å². The molecule has 0 atom stereocenters. The number of aryl methyl sites for hydroxylation is 1. The zero-order valence-corrected chi connectivity index (χ0v) is 10.1. The van der Waals surface area contributed by atoms with Gasteiger partial charge in [-0.3, -0.25) is 0 Å². The quantitative estimate of drug-likeness (QED) is 0.783. The molecule has 0 spiro atoms. The van der Waals surface area contributed by atoms with Crippen LogP contribution >= 0.6 is 0 Å². The summed E-state index contributed by atoms with van der Waals surface area (Å²) in [5.41, 5.74) is 2.68. The molecule has 1 aromatic heterocycles. The third kappa shape index (κ3) is 1.85. The van der Waals surface area contributed by atoms with Crippen molar-refractivity contribution in [3.63, 3.8) is 0 Å². The SMILES string of the molecule is Cc1nc(N2CCOCC2)c(C)c(C)c1O. The van der Waals surface area contributed by atoms with Crippen LogP contribution in [0.15, 0.2) is 0 Å². The molecular weight excluding hydrogens is 204 g/mol. The monoisotopic (exact) mass is 222 g/mol. The van der Waals surface area contributed by atoms with Crippen molar-refractivity contribution in [2.75, 3.05) is 31.2 Å². The molecule has 4 nitrogen and oxygen atoms in total. The Hall–Kier alpha value is -1.29. The number of nitrogens with zero attached hydrogens (tertiary/aromatic N) is 2. The molecule has 16 heavy (non-hydrogen) atoms. The zero-order valence-electron chi connectivity index (χ0n) is 10.1. The highest BCUT2D eigenvalue weighted by Crippen LogP contribution is 2.29. The molecule has 1 saturated heterocycles. The predicted octanol–water partition coefficient (Wildman–Crippen LogP) is 1.55. The van der Waals surface area contributed by atoms with Crippen LogP contribution < -0.4 is 4.90 Å². The number of aromatic nitrogens is 1. The normalized spacial score (nSPS) is 16.6. The van der Waals surface area contributed by atoms with E-state index in [0.29, 0.717) is 11.4 Å². The van der Waals surface area contributed by atoms with E-state index in [-0.39, 0.29) is 0 Å². The summed E-state index contributed by atoms with van der Waals surface area (Å²) in [6, 6.07) is 0. The lowest BCUT2D eigenvalue weighted by Gasteiger charge is -2.30. The van der Waals surface area contributed by atoms with Crippen LogP contribution in [0.5, 0.6) is 5.75 Å². The first-order chi connectivity index (χ1) is 7.61. The Morgan fingerprint density at radius 3 is 2.38 bits per heavy atom. The van der Waals surface area contributed by atoms with Gasteiger partial charge in [0.15, 0.2) is 0 Å². The van der Waals surface area contributed by atoms with Crippen molar-refractivity contribution in [1.82, 2.24) is 4.98 Å². The average molecular weight is 222 g/mol. The third-order valence-corrected chi connectivity index (χ3v) is 3.18. The van der Waals surface area contributed by atoms with E-state index in [9.17, 15) is 5.11 Å². The van der Waals surface area contributed by atoms with Gasteiger partial charge in [-0.25, -0.2) is 4.98 Å². The fourth-order valence-corrected chi connectivity index (χ4v) is 2.00. The minimum atomic E-state index is 0.314. The number of ether oxygens (including phenoxy) is 1. The summed E-state index contributed by atoms with van der Waals surface area (Å²) < 4.78 is 5.33. The molecule has 0 aromatic carbocycles. The first-order valence-corrected chi connectivity index (χ1v) is 5.60. The van der Waals surface area contributed by atoms with Gasteiger partial charge >= 0.3 is 0 Å². The maximum Gasteiger partial charge on any atom is 0.140 e. The summed E-state index contributed by atoms with van der Waals surface area (Å²) in [4.78, 5) is 6.70. The molecule has 0 saturated carbocycles. The molecule has 88 valence electrons. The highest BCUT2D eigenvalue weighted by molar-refractivity contribution is 5.56. The number of hydrogen-bond donors (Lipinski definition) is 1. The summed E-state index contributed by atoms with van der Waals surface area (Å²) in [5, 5.41) is 9.80. The Labute approximate surface area is 95.9 Å². The van der Waals surface area contributed by atoms with E-state index in [1.165, 1.54) is 0 Å². The largest absolute Gasteiger partial charge is 0.506 e. The van der Waals surface area contributed by atoms with Gasteiger partial charge in [0, 0.05) is 13.1 Å². The lowest BCUT2D eigenvalue weighted by atomic mass is 10.1. The molecule has 2 rings (SSSR count). The Morgan fingerprint density at radius 1 is 1.12 bits per heavy atom. The first kappa shape index (κ1) is 11.2. The standard InChI is InChI=1S/C12H18N2O2/c1-8-9(2)12(13-10(3)11(8)15)14-4-6-16-7-5-14/h15H,4-7H2,1-3H3. The van der Waals surface area contributed by atoms with Crippen molar-refractivity contribution in [3.05, 3.63) is 16.8 Å². The Bertz CT molecular complexity index is 398. The number of hydrogen-bond acceptors (Lipinski definition) is 4. The van der Waals surface area contributed by atoms with Crippen molar-refractivity contribution in [3.8, 4) is 5.75 Å². The van der Waals surface area contributed by atoms with E-state index >= 15 is 0 Å². The topological polar surface area (TPSA) is 45.6 Å². The van der Waals surface area contributed by atoms with Gasteiger partial charge in [0.05, 0.1) is 18.9 Å². The summed E-state index contributed by atoms with van der Waals surface area (Å²) in [6.07, 6.45) is 0. The Morgan fingerprint density at radius 2 is 1.75 bits per heavy atom. The van der Waals surface area contributed by atoms with Crippen LogP contribution in [0.25, 0.3) is 0 Å². The lowest BCUT2D eigenvalue weighted by Crippen LogP contribution is -2.37. The molecular formula is C12H18N2O2. The average Bonchev–Trinajstić information content (AvgIpc) is 2.32. The smallest absolute Gasteiger partial charge is 0.140 e. The van der Waals surface area contributed by atoms with E-state index in [2.05, 4.69) is 9.88 Å². The Kier molecular flexibility index (Phi) is 3.01. The number of anilines is 1. The molecule has 0 bridgehead atoms. The van der Waals surface area contributed by atoms with Gasteiger partial charge < -0.3 is 14.7 Å². The Balaban J connectivity index is 2.40. The number of aromatic hydroxyl groups is 1. The molecule has 1 aromatic rings. The highest BCUT2D eigenvalue weighted by Gasteiger charge is 2.18. The lowest BCUT2D eigenvalue weighted by molar-refractivity contribution is 0.122. The van der Waals surface area contributed by atoms with Gasteiger partial charge in [-0.05, 0) is 31.9 Å². The molecule has 0 radical (unpaired) electrons. The zero-order chi connectivity index (χ0) is 11.7. The molecule has 2 heterocycles. The number of pyridine rings is 1. The molecule has 1 N–H and O–H groups in total. The molecule has 1 aliphatic rings. The number of morpholine rings is 1. The van der Waals surface area contributed by atoms with Gasteiger partial charge in [-0.2, -0.15) is 0 Å². The van der Waals surface area contributed by atoms with Crippen LogP contribution in [0.4, 0.5) is 5.82 Å². The second-order valence-electron chi connectivity index (χ2n) is 4.22. The first-order valence-electron chi connectivity index (χ1n) is 5.60. The van der Waals surface area contributed by atoms with Crippen LogP contribution in [0.2, 0.25) is 0 Å². The molecule has 0 aliphatic carbocycles. The van der Waals surface area contributed by atoms with Crippen LogP contribution in [0.1, 0.15) is 16.8 Å². The van der Waals surface area contributed by atoms with E-state index < -0.39 is 0 Å². The molecule has 0 amide bonds. The van der Waals surface area contributed by atoms with Crippen molar-refractivity contribution in [1.29, 1.82) is 0 Å². The highest BCUT2D eigenvalue weighted by atomic mass is 16.5. The van der Waals surface area contributed by atoms with Gasteiger partial charge in [0.2, 0.25) is 0 Å². The summed E-state index contributed by atoms with van der Waals surface area (Å²) in [6.45, 7) is 9.02. The van der Waals surface area contributed by atoms with Crippen molar-refractivity contribution in [2.45, 2.75) is 20.8 Å². The van der Waals surface area contributed by atoms with E-state index in [1.54, 1.807) is 0 Å². The molecule has 0 unspecified atom stereocenters. The van der Waals surface area contributed by atoms with Crippen molar-refractivity contribution < 1.29 is 9.84 Å². The maximum absolute atomic E-state index is 9.80. The van der Waals surface area contributed by atoms with Crippen LogP contribution in [0, 0.1) is 20.8 Å². The molecule has 1 fully saturated rings. The summed E-state index contributed by atoms with van der Waals surface area (Å²) in [7, 11) is 0. The summed E-state index contributed by atoms with van der Waals surface area (Å²) in [5.74, 6) is 1.30. The minimum absolute atomic E-state index is 0.314. The van der Waals surface area contributed by atoms with E-state index in [0.717, 1.165) is 43.2 Å².